The highest BCUT2D eigenvalue weighted by Crippen LogP contribution is 2.17. The molecule has 6 nitrogen and oxygen atoms in total. The van der Waals surface area contributed by atoms with Gasteiger partial charge in [-0.05, 0) is 24.6 Å². The Hall–Kier alpha value is -2.63. The number of nitrogens with zero attached hydrogens (tertiary/aromatic N) is 2. The van der Waals surface area contributed by atoms with Gasteiger partial charge in [0.1, 0.15) is 11.6 Å². The molecule has 0 aliphatic rings. The molecule has 0 amide bonds. The lowest BCUT2D eigenvalue weighted by molar-refractivity contribution is -0.384. The van der Waals surface area contributed by atoms with Crippen LogP contribution in [0.1, 0.15) is 12.5 Å². The lowest BCUT2D eigenvalue weighted by Gasteiger charge is -2.08. The second-order valence-corrected chi connectivity index (χ2v) is 4.09. The highest BCUT2D eigenvalue weighted by molar-refractivity contribution is 5.45. The van der Waals surface area contributed by atoms with Gasteiger partial charge in [-0.15, -0.1) is 0 Å². The number of ether oxygens (including phenoxy) is 1. The van der Waals surface area contributed by atoms with Crippen molar-refractivity contribution >= 4 is 11.5 Å². The molecule has 1 aromatic carbocycles. The summed E-state index contributed by atoms with van der Waals surface area (Å²) in [6.07, 6.45) is 1.41. The first kappa shape index (κ1) is 13.8. The zero-order chi connectivity index (χ0) is 14.4. The van der Waals surface area contributed by atoms with Gasteiger partial charge in [-0.3, -0.25) is 10.1 Å². The first-order valence-electron chi connectivity index (χ1n) is 6.25. The third-order valence-corrected chi connectivity index (χ3v) is 2.64. The van der Waals surface area contributed by atoms with Gasteiger partial charge in [-0.25, -0.2) is 4.98 Å². The van der Waals surface area contributed by atoms with Crippen LogP contribution in [-0.4, -0.2) is 16.5 Å². The predicted octanol–water partition coefficient (Wildman–Crippen LogP) is 3.00. The smallest absolute Gasteiger partial charge is 0.274 e. The Labute approximate surface area is 116 Å². The van der Waals surface area contributed by atoms with Crippen molar-refractivity contribution < 1.29 is 9.66 Å². The Balaban J connectivity index is 2.03. The van der Waals surface area contributed by atoms with Crippen LogP contribution in [0, 0.1) is 10.1 Å². The molecule has 6 heteroatoms. The summed E-state index contributed by atoms with van der Waals surface area (Å²) in [7, 11) is 0. The fourth-order valence-corrected chi connectivity index (χ4v) is 1.73. The van der Waals surface area contributed by atoms with Crippen molar-refractivity contribution in [2.75, 3.05) is 11.9 Å². The van der Waals surface area contributed by atoms with Crippen molar-refractivity contribution in [2.45, 2.75) is 13.5 Å². The van der Waals surface area contributed by atoms with E-state index in [4.69, 9.17) is 4.74 Å². The standard InChI is InChI=1S/C14H15N3O3/c1-2-20-13-5-3-4-11(8-13)10-16-14-9-12(17(18)19)6-7-15-14/h3-9H,2,10H2,1H3,(H,15,16). The van der Waals surface area contributed by atoms with Crippen molar-refractivity contribution in [2.24, 2.45) is 0 Å². The van der Waals surface area contributed by atoms with E-state index in [0.717, 1.165) is 11.3 Å². The Bertz CT molecular complexity index is 602. The largest absolute Gasteiger partial charge is 0.494 e. The molecule has 1 N–H and O–H groups in total. The molecular weight excluding hydrogens is 258 g/mol. The van der Waals surface area contributed by atoms with Gasteiger partial charge in [-0.2, -0.15) is 0 Å². The van der Waals surface area contributed by atoms with E-state index in [1.54, 1.807) is 0 Å². The molecule has 104 valence electrons. The number of anilines is 1. The summed E-state index contributed by atoms with van der Waals surface area (Å²) in [5, 5.41) is 13.7. The highest BCUT2D eigenvalue weighted by Gasteiger charge is 2.06. The highest BCUT2D eigenvalue weighted by atomic mass is 16.6. The van der Waals surface area contributed by atoms with Gasteiger partial charge >= 0.3 is 0 Å². The number of benzene rings is 1. The fraction of sp³-hybridized carbons (Fsp3) is 0.214. The SMILES string of the molecule is CCOc1cccc(CNc2cc([N+](=O)[O-])ccn2)c1. The minimum atomic E-state index is -0.442. The molecule has 0 fully saturated rings. The molecule has 0 saturated carbocycles. The summed E-state index contributed by atoms with van der Waals surface area (Å²) in [5.41, 5.74) is 1.04. The molecular formula is C14H15N3O3. The molecule has 0 atom stereocenters. The van der Waals surface area contributed by atoms with Gasteiger partial charge in [0.15, 0.2) is 0 Å². The van der Waals surface area contributed by atoms with Crippen molar-refractivity contribution in [3.05, 3.63) is 58.3 Å². The van der Waals surface area contributed by atoms with Crippen LogP contribution in [0.5, 0.6) is 5.75 Å². The number of nitrogens with one attached hydrogen (secondary N) is 1. The van der Waals surface area contributed by atoms with Crippen molar-refractivity contribution in [1.82, 2.24) is 4.98 Å². The summed E-state index contributed by atoms with van der Waals surface area (Å²) >= 11 is 0. The molecule has 0 bridgehead atoms. The predicted molar refractivity (Wildman–Crippen MR) is 75.8 cm³/mol. The maximum atomic E-state index is 10.7. The third kappa shape index (κ3) is 3.68. The van der Waals surface area contributed by atoms with E-state index in [9.17, 15) is 10.1 Å². The summed E-state index contributed by atoms with van der Waals surface area (Å²) < 4.78 is 5.42. The number of rotatable bonds is 6. The summed E-state index contributed by atoms with van der Waals surface area (Å²) in [4.78, 5) is 14.3. The van der Waals surface area contributed by atoms with E-state index in [-0.39, 0.29) is 5.69 Å². The summed E-state index contributed by atoms with van der Waals surface area (Å²) in [6.45, 7) is 3.07. The van der Waals surface area contributed by atoms with Crippen molar-refractivity contribution in [3.8, 4) is 5.75 Å². The molecule has 0 aliphatic carbocycles. The normalized spacial score (nSPS) is 10.1. The molecule has 20 heavy (non-hydrogen) atoms. The van der Waals surface area contributed by atoms with Crippen LogP contribution < -0.4 is 10.1 Å². The number of hydrogen-bond donors (Lipinski definition) is 1. The Morgan fingerprint density at radius 3 is 2.95 bits per heavy atom. The first-order valence-corrected chi connectivity index (χ1v) is 6.25. The van der Waals surface area contributed by atoms with Crippen molar-refractivity contribution in [3.63, 3.8) is 0 Å². The summed E-state index contributed by atoms with van der Waals surface area (Å²) in [6, 6.07) is 10.4. The molecule has 0 unspecified atom stereocenters. The topological polar surface area (TPSA) is 77.3 Å². The van der Waals surface area contributed by atoms with Crippen LogP contribution in [0.3, 0.4) is 0 Å². The van der Waals surface area contributed by atoms with E-state index in [1.165, 1.54) is 18.3 Å². The fourth-order valence-electron chi connectivity index (χ4n) is 1.73. The Kier molecular flexibility index (Phi) is 4.49. The number of nitro groups is 1. The zero-order valence-corrected chi connectivity index (χ0v) is 11.1. The lowest BCUT2D eigenvalue weighted by atomic mass is 10.2. The van der Waals surface area contributed by atoms with E-state index >= 15 is 0 Å². The molecule has 0 spiro atoms. The average Bonchev–Trinajstić information content (AvgIpc) is 2.46. The van der Waals surface area contributed by atoms with Crippen LogP contribution in [0.2, 0.25) is 0 Å². The number of aromatic nitrogens is 1. The van der Waals surface area contributed by atoms with Gasteiger partial charge in [0.2, 0.25) is 0 Å². The van der Waals surface area contributed by atoms with E-state index in [0.29, 0.717) is 19.0 Å². The average molecular weight is 273 g/mol. The van der Waals surface area contributed by atoms with E-state index in [1.807, 2.05) is 31.2 Å². The van der Waals surface area contributed by atoms with Crippen LogP contribution in [-0.2, 0) is 6.54 Å². The molecule has 0 saturated heterocycles. The van der Waals surface area contributed by atoms with Gasteiger partial charge in [-0.1, -0.05) is 12.1 Å². The molecule has 0 aliphatic heterocycles. The third-order valence-electron chi connectivity index (χ3n) is 2.64. The minimum Gasteiger partial charge on any atom is -0.494 e. The maximum Gasteiger partial charge on any atom is 0.274 e. The van der Waals surface area contributed by atoms with Gasteiger partial charge in [0, 0.05) is 18.8 Å². The lowest BCUT2D eigenvalue weighted by Crippen LogP contribution is -2.02. The van der Waals surface area contributed by atoms with Gasteiger partial charge in [0.25, 0.3) is 5.69 Å². The van der Waals surface area contributed by atoms with E-state index < -0.39 is 4.92 Å². The quantitative estimate of drug-likeness (QED) is 0.646. The Morgan fingerprint density at radius 1 is 1.35 bits per heavy atom. The summed E-state index contributed by atoms with van der Waals surface area (Å²) in [5.74, 6) is 1.28. The Morgan fingerprint density at radius 2 is 2.20 bits per heavy atom. The molecule has 2 rings (SSSR count). The molecule has 0 radical (unpaired) electrons. The van der Waals surface area contributed by atoms with Gasteiger partial charge in [0.05, 0.1) is 17.6 Å². The zero-order valence-electron chi connectivity index (χ0n) is 11.1. The van der Waals surface area contributed by atoms with Gasteiger partial charge < -0.3 is 10.1 Å². The number of pyridine rings is 1. The second-order valence-electron chi connectivity index (χ2n) is 4.09. The maximum absolute atomic E-state index is 10.7. The van der Waals surface area contributed by atoms with Crippen LogP contribution in [0.15, 0.2) is 42.6 Å². The minimum absolute atomic E-state index is 0.0190. The van der Waals surface area contributed by atoms with E-state index in [2.05, 4.69) is 10.3 Å². The molecule has 1 aromatic heterocycles. The second kappa shape index (κ2) is 6.51. The molecule has 2 aromatic rings. The van der Waals surface area contributed by atoms with Crippen molar-refractivity contribution in [1.29, 1.82) is 0 Å². The molecule has 1 heterocycles. The number of hydrogen-bond acceptors (Lipinski definition) is 5. The monoisotopic (exact) mass is 273 g/mol. The van der Waals surface area contributed by atoms with Crippen LogP contribution >= 0.6 is 0 Å². The van der Waals surface area contributed by atoms with Crippen LogP contribution in [0.4, 0.5) is 11.5 Å². The first-order chi connectivity index (χ1) is 9.69. The van der Waals surface area contributed by atoms with Crippen LogP contribution in [0.25, 0.3) is 0 Å².